The first-order valence-corrected chi connectivity index (χ1v) is 16.4. The Morgan fingerprint density at radius 2 is 1.70 bits per heavy atom. The van der Waals surface area contributed by atoms with Crippen LogP contribution in [0.3, 0.4) is 0 Å². The molecule has 5 N–H and O–H groups in total. The highest BCUT2D eigenvalue weighted by Crippen LogP contribution is 2.39. The van der Waals surface area contributed by atoms with E-state index >= 15 is 0 Å². The van der Waals surface area contributed by atoms with Crippen LogP contribution in [0.1, 0.15) is 92.4 Å². The van der Waals surface area contributed by atoms with Gasteiger partial charge < -0.3 is 31.1 Å². The second-order valence-corrected chi connectivity index (χ2v) is 14.1. The molecule has 40 heavy (non-hydrogen) atoms. The quantitative estimate of drug-likeness (QED) is 0.104. The van der Waals surface area contributed by atoms with Crippen molar-refractivity contribution in [2.75, 3.05) is 25.4 Å². The van der Waals surface area contributed by atoms with Crippen LogP contribution < -0.4 is 21.3 Å². The topological polar surface area (TPSA) is 163 Å². The second-order valence-electron chi connectivity index (χ2n) is 11.3. The van der Waals surface area contributed by atoms with Crippen LogP contribution in [-0.2, 0) is 28.7 Å². The zero-order valence-electron chi connectivity index (χ0n) is 24.6. The van der Waals surface area contributed by atoms with Crippen LogP contribution in [0.2, 0.25) is 0 Å². The largest absolute Gasteiger partial charge is 0.481 e. The van der Waals surface area contributed by atoms with Crippen molar-refractivity contribution in [2.45, 2.75) is 115 Å². The summed E-state index contributed by atoms with van der Waals surface area (Å²) in [4.78, 5) is 60.4. The molecule has 2 atom stereocenters. The van der Waals surface area contributed by atoms with E-state index in [4.69, 9.17) is 9.84 Å². The summed E-state index contributed by atoms with van der Waals surface area (Å²) in [6.45, 7) is 9.98. The molecule has 0 radical (unpaired) electrons. The summed E-state index contributed by atoms with van der Waals surface area (Å²) < 4.78 is 6.03. The number of aliphatic carboxylic acids is 1. The first kappa shape index (κ1) is 36.0. The van der Waals surface area contributed by atoms with Crippen LogP contribution in [0, 0.1) is 0 Å². The summed E-state index contributed by atoms with van der Waals surface area (Å²) in [5.41, 5.74) is -1.44. The fraction of sp³-hybridized carbons (Fsp3) is 0.815. The zero-order chi connectivity index (χ0) is 30.2. The monoisotopic (exact) mass is 604 g/mol. The predicted octanol–water partition coefficient (Wildman–Crippen LogP) is 2.77. The molecule has 1 saturated heterocycles. The summed E-state index contributed by atoms with van der Waals surface area (Å²) in [7, 11) is 3.82. The summed E-state index contributed by atoms with van der Waals surface area (Å²) in [6, 6.07) is -1.01. The third-order valence-corrected chi connectivity index (χ3v) is 9.23. The van der Waals surface area contributed by atoms with Gasteiger partial charge in [0.1, 0.15) is 6.04 Å². The first-order valence-electron chi connectivity index (χ1n) is 14.0. The molecule has 1 heterocycles. The Labute approximate surface area is 246 Å². The lowest BCUT2D eigenvalue weighted by Crippen LogP contribution is -2.56. The number of unbranched alkanes of at least 4 members (excludes halogenated alkanes) is 1. The van der Waals surface area contributed by atoms with Crippen molar-refractivity contribution in [1.82, 2.24) is 21.3 Å². The number of nitrogens with one attached hydrogen (secondary N) is 4. The van der Waals surface area contributed by atoms with Crippen molar-refractivity contribution in [3.63, 3.8) is 0 Å². The summed E-state index contributed by atoms with van der Waals surface area (Å²) >= 11 is 0. The number of rotatable bonds is 20. The van der Waals surface area contributed by atoms with Crippen molar-refractivity contribution < 1.29 is 33.8 Å². The third-order valence-electron chi connectivity index (χ3n) is 6.22. The van der Waals surface area contributed by atoms with E-state index in [-0.39, 0.29) is 43.6 Å². The van der Waals surface area contributed by atoms with E-state index in [0.717, 1.165) is 19.3 Å². The Morgan fingerprint density at radius 1 is 0.975 bits per heavy atom. The van der Waals surface area contributed by atoms with Crippen LogP contribution in [0.4, 0.5) is 0 Å². The molecule has 0 saturated carbocycles. The molecule has 1 aliphatic heterocycles. The summed E-state index contributed by atoms with van der Waals surface area (Å²) in [5, 5.41) is 20.3. The number of hydrogen-bond acceptors (Lipinski definition) is 8. The van der Waals surface area contributed by atoms with Gasteiger partial charge in [-0.1, -0.05) is 28.0 Å². The van der Waals surface area contributed by atoms with Gasteiger partial charge in [0.05, 0.1) is 30.6 Å². The number of amides is 4. The molecule has 230 valence electrons. The molecule has 1 rings (SSSR count). The Kier molecular flexibility index (Phi) is 16.6. The van der Waals surface area contributed by atoms with E-state index in [2.05, 4.69) is 21.3 Å². The molecule has 4 amide bonds. The van der Waals surface area contributed by atoms with Crippen molar-refractivity contribution in [1.29, 1.82) is 0 Å². The maximum absolute atomic E-state index is 13.2. The fourth-order valence-electron chi connectivity index (χ4n) is 3.87. The van der Waals surface area contributed by atoms with Crippen molar-refractivity contribution >= 4 is 51.2 Å². The maximum Gasteiger partial charge on any atom is 0.303 e. The third kappa shape index (κ3) is 17.0. The van der Waals surface area contributed by atoms with Crippen molar-refractivity contribution in [3.05, 3.63) is 0 Å². The van der Waals surface area contributed by atoms with Gasteiger partial charge in [0, 0.05) is 36.9 Å². The Bertz CT molecular complexity index is 849. The van der Waals surface area contributed by atoms with Crippen molar-refractivity contribution in [2.24, 2.45) is 0 Å². The number of carboxylic acids is 1. The van der Waals surface area contributed by atoms with E-state index < -0.39 is 29.1 Å². The fourth-order valence-corrected chi connectivity index (χ4v) is 6.90. The molecule has 11 nitrogen and oxygen atoms in total. The molecule has 1 aliphatic rings. The lowest BCUT2D eigenvalue weighted by atomic mass is 10.0. The maximum atomic E-state index is 13.2. The molecule has 0 aromatic rings. The Balaban J connectivity index is 2.56. The van der Waals surface area contributed by atoms with Gasteiger partial charge >= 0.3 is 5.97 Å². The standard InChI is InChI=1S/C27H48N4O7S2/c1-6-28-23(34)17-20(30-22(33)10-8-7-9-19-13-16-39-40-19)25(37)31-26(2,3)18-38-27(4,5)14-15-29-21(32)11-12-24(35)36/h19-20H,6-18H2,1-5H3,(H,28,34)(H,29,32)(H,30,33)(H,31,37)(H,35,36)/t19?,20-/m0/s1. The number of carbonyl (C=O) groups excluding carboxylic acids is 4. The van der Waals surface area contributed by atoms with E-state index in [1.807, 2.05) is 35.4 Å². The number of ether oxygens (including phenoxy) is 1. The van der Waals surface area contributed by atoms with Gasteiger partial charge in [-0.05, 0) is 60.3 Å². The van der Waals surface area contributed by atoms with Gasteiger partial charge in [-0.3, -0.25) is 24.0 Å². The van der Waals surface area contributed by atoms with Gasteiger partial charge in [0.25, 0.3) is 0 Å². The van der Waals surface area contributed by atoms with Crippen LogP contribution in [0.5, 0.6) is 0 Å². The molecular weight excluding hydrogens is 556 g/mol. The molecular formula is C27H48N4O7S2. The first-order chi connectivity index (χ1) is 18.7. The molecule has 0 spiro atoms. The van der Waals surface area contributed by atoms with Crippen LogP contribution in [-0.4, -0.2) is 82.6 Å². The second kappa shape index (κ2) is 18.4. The molecule has 0 aliphatic carbocycles. The Morgan fingerprint density at radius 3 is 2.33 bits per heavy atom. The van der Waals surface area contributed by atoms with Crippen LogP contribution >= 0.6 is 21.6 Å². The van der Waals surface area contributed by atoms with Crippen LogP contribution in [0.15, 0.2) is 0 Å². The average molecular weight is 605 g/mol. The zero-order valence-corrected chi connectivity index (χ0v) is 26.2. The average Bonchev–Trinajstić information content (AvgIpc) is 3.37. The van der Waals surface area contributed by atoms with E-state index in [0.29, 0.717) is 31.2 Å². The summed E-state index contributed by atoms with van der Waals surface area (Å²) in [6.07, 6.45) is 4.28. The minimum atomic E-state index is -1.02. The van der Waals surface area contributed by atoms with E-state index in [1.54, 1.807) is 20.8 Å². The van der Waals surface area contributed by atoms with Gasteiger partial charge in [0.2, 0.25) is 23.6 Å². The molecule has 0 aromatic carbocycles. The number of hydrogen-bond donors (Lipinski definition) is 5. The predicted molar refractivity (Wildman–Crippen MR) is 159 cm³/mol. The van der Waals surface area contributed by atoms with Gasteiger partial charge in [-0.2, -0.15) is 0 Å². The molecule has 1 fully saturated rings. The highest BCUT2D eigenvalue weighted by Gasteiger charge is 2.31. The number of carbonyl (C=O) groups is 5. The number of carboxylic acid groups (broad SMARTS) is 1. The molecule has 13 heteroatoms. The lowest BCUT2D eigenvalue weighted by Gasteiger charge is -2.33. The SMILES string of the molecule is CCNC(=O)C[C@H](NC(=O)CCCCC1CCSS1)C(=O)NC(C)(C)COC(C)(C)CCNC(=O)CCC(=O)O. The molecule has 1 unspecified atom stereocenters. The normalized spacial score (nSPS) is 16.2. The Hall–Kier alpha value is -1.99. The van der Waals surface area contributed by atoms with E-state index in [1.165, 1.54) is 12.2 Å². The highest BCUT2D eigenvalue weighted by atomic mass is 33.1. The minimum absolute atomic E-state index is 0.0808. The summed E-state index contributed by atoms with van der Waals surface area (Å²) in [5.74, 6) is -1.21. The van der Waals surface area contributed by atoms with Gasteiger partial charge in [-0.15, -0.1) is 0 Å². The van der Waals surface area contributed by atoms with Crippen LogP contribution in [0.25, 0.3) is 0 Å². The van der Waals surface area contributed by atoms with E-state index in [9.17, 15) is 24.0 Å². The highest BCUT2D eigenvalue weighted by molar-refractivity contribution is 8.77. The van der Waals surface area contributed by atoms with Gasteiger partial charge in [-0.25, -0.2) is 0 Å². The van der Waals surface area contributed by atoms with Crippen molar-refractivity contribution in [3.8, 4) is 0 Å². The van der Waals surface area contributed by atoms with Gasteiger partial charge in [0.15, 0.2) is 0 Å². The molecule has 0 aromatic heterocycles. The minimum Gasteiger partial charge on any atom is -0.481 e. The smallest absolute Gasteiger partial charge is 0.303 e. The lowest BCUT2D eigenvalue weighted by molar-refractivity contribution is -0.138. The molecule has 0 bridgehead atoms.